The van der Waals surface area contributed by atoms with E-state index in [9.17, 15) is 9.59 Å². The van der Waals surface area contributed by atoms with Crippen LogP contribution in [-0.4, -0.2) is 47.0 Å². The van der Waals surface area contributed by atoms with Crippen LogP contribution >= 0.6 is 0 Å². The van der Waals surface area contributed by atoms with Gasteiger partial charge in [0.25, 0.3) is 5.91 Å². The highest BCUT2D eigenvalue weighted by atomic mass is 16.5. The van der Waals surface area contributed by atoms with E-state index < -0.39 is 6.10 Å². The molecule has 1 saturated carbocycles. The Bertz CT molecular complexity index is 632. The highest BCUT2D eigenvalue weighted by Gasteiger charge is 2.37. The van der Waals surface area contributed by atoms with Crippen LogP contribution in [0, 0.1) is 5.92 Å². The van der Waals surface area contributed by atoms with E-state index in [1.54, 1.807) is 0 Å². The molecule has 3 fully saturated rings. The number of carbonyl (C=O) groups is 2. The van der Waals surface area contributed by atoms with Gasteiger partial charge in [-0.15, -0.1) is 0 Å². The molecule has 130 valence electrons. The van der Waals surface area contributed by atoms with Crippen LogP contribution in [0.3, 0.4) is 0 Å². The summed E-state index contributed by atoms with van der Waals surface area (Å²) in [5.41, 5.74) is 5.73. The van der Waals surface area contributed by atoms with Crippen LogP contribution in [0.5, 0.6) is 0 Å². The molecule has 1 aromatic rings. The average Bonchev–Trinajstić information content (AvgIpc) is 3.13. The summed E-state index contributed by atoms with van der Waals surface area (Å²) in [4.78, 5) is 29.9. The third-order valence-corrected chi connectivity index (χ3v) is 5.39. The molecule has 7 nitrogen and oxygen atoms in total. The van der Waals surface area contributed by atoms with Gasteiger partial charge >= 0.3 is 0 Å². The molecule has 2 N–H and O–H groups in total. The SMILES string of the molecule is NC(=O)[C@H]1CC[C@@H](C2CCN(C(=O)c3coc(C4CC4)n3)CC2)O1. The number of nitrogens with two attached hydrogens (primary N) is 1. The van der Waals surface area contributed by atoms with E-state index in [-0.39, 0.29) is 17.9 Å². The Kier molecular flexibility index (Phi) is 4.04. The summed E-state index contributed by atoms with van der Waals surface area (Å²) in [6.45, 7) is 1.38. The standard InChI is InChI=1S/C17H23N3O4/c18-15(21)14-4-3-13(24-14)10-5-7-20(8-6-10)17(22)12-9-23-16(19-12)11-1-2-11/h9-11,13-14H,1-8H2,(H2,18,21)/t13-,14+/m0/s1. The molecule has 1 aliphatic carbocycles. The highest BCUT2D eigenvalue weighted by Crippen LogP contribution is 2.39. The Morgan fingerprint density at radius 2 is 1.88 bits per heavy atom. The maximum atomic E-state index is 12.5. The summed E-state index contributed by atoms with van der Waals surface area (Å²) in [7, 11) is 0. The first-order chi connectivity index (χ1) is 11.6. The number of ether oxygens (including phenoxy) is 1. The van der Waals surface area contributed by atoms with Crippen LogP contribution in [0.2, 0.25) is 0 Å². The minimum atomic E-state index is -0.439. The van der Waals surface area contributed by atoms with Crippen molar-refractivity contribution >= 4 is 11.8 Å². The van der Waals surface area contributed by atoms with Crippen molar-refractivity contribution in [3.63, 3.8) is 0 Å². The lowest BCUT2D eigenvalue weighted by Gasteiger charge is -2.34. The molecule has 3 heterocycles. The second kappa shape index (κ2) is 6.20. The van der Waals surface area contributed by atoms with Crippen LogP contribution in [0.4, 0.5) is 0 Å². The number of aromatic nitrogens is 1. The Morgan fingerprint density at radius 1 is 1.12 bits per heavy atom. The molecular weight excluding hydrogens is 310 g/mol. The smallest absolute Gasteiger partial charge is 0.275 e. The molecule has 24 heavy (non-hydrogen) atoms. The quantitative estimate of drug-likeness (QED) is 0.899. The maximum absolute atomic E-state index is 12.5. The third-order valence-electron chi connectivity index (χ3n) is 5.39. The van der Waals surface area contributed by atoms with Gasteiger partial charge in [0, 0.05) is 19.0 Å². The predicted molar refractivity (Wildman–Crippen MR) is 84.2 cm³/mol. The molecule has 3 aliphatic rings. The maximum Gasteiger partial charge on any atom is 0.275 e. The van der Waals surface area contributed by atoms with Gasteiger partial charge < -0.3 is 19.8 Å². The largest absolute Gasteiger partial charge is 0.448 e. The Labute approximate surface area is 140 Å². The summed E-state index contributed by atoms with van der Waals surface area (Å²) in [5.74, 6) is 1.08. The second-order valence-corrected chi connectivity index (χ2v) is 7.12. The molecule has 2 aliphatic heterocycles. The lowest BCUT2D eigenvalue weighted by molar-refractivity contribution is -0.130. The van der Waals surface area contributed by atoms with Gasteiger partial charge in [-0.05, 0) is 44.4 Å². The van der Waals surface area contributed by atoms with Gasteiger partial charge in [-0.1, -0.05) is 0 Å². The van der Waals surface area contributed by atoms with Crippen molar-refractivity contribution in [2.24, 2.45) is 11.7 Å². The molecule has 0 aromatic carbocycles. The zero-order valence-electron chi connectivity index (χ0n) is 13.6. The van der Waals surface area contributed by atoms with Crippen molar-refractivity contribution in [3.05, 3.63) is 17.8 Å². The molecule has 0 spiro atoms. The summed E-state index contributed by atoms with van der Waals surface area (Å²) < 4.78 is 11.2. The van der Waals surface area contributed by atoms with Gasteiger partial charge in [-0.25, -0.2) is 4.98 Å². The average molecular weight is 333 g/mol. The van der Waals surface area contributed by atoms with Crippen LogP contribution in [0.25, 0.3) is 0 Å². The molecule has 7 heteroatoms. The lowest BCUT2D eigenvalue weighted by atomic mass is 9.89. The number of amides is 2. The Balaban J connectivity index is 1.30. The van der Waals surface area contributed by atoms with Crippen LogP contribution < -0.4 is 5.73 Å². The summed E-state index contributed by atoms with van der Waals surface area (Å²) >= 11 is 0. The number of rotatable bonds is 4. The minimum absolute atomic E-state index is 0.0496. The monoisotopic (exact) mass is 333 g/mol. The Hall–Kier alpha value is -1.89. The zero-order valence-corrected chi connectivity index (χ0v) is 13.6. The van der Waals surface area contributed by atoms with Gasteiger partial charge in [0.05, 0.1) is 6.10 Å². The second-order valence-electron chi connectivity index (χ2n) is 7.12. The van der Waals surface area contributed by atoms with Crippen molar-refractivity contribution in [2.75, 3.05) is 13.1 Å². The molecule has 4 rings (SSSR count). The molecule has 2 atom stereocenters. The first-order valence-corrected chi connectivity index (χ1v) is 8.81. The van der Waals surface area contributed by atoms with Crippen molar-refractivity contribution in [1.29, 1.82) is 0 Å². The van der Waals surface area contributed by atoms with E-state index in [1.807, 2.05) is 4.90 Å². The molecule has 0 unspecified atom stereocenters. The van der Waals surface area contributed by atoms with Gasteiger partial charge in [0.2, 0.25) is 5.91 Å². The molecule has 1 aromatic heterocycles. The van der Waals surface area contributed by atoms with Gasteiger partial charge in [0.1, 0.15) is 12.4 Å². The fourth-order valence-electron chi connectivity index (χ4n) is 3.76. The number of hydrogen-bond donors (Lipinski definition) is 1. The fraction of sp³-hybridized carbons (Fsp3) is 0.706. The summed E-state index contributed by atoms with van der Waals surface area (Å²) in [5, 5.41) is 0. The Morgan fingerprint density at radius 3 is 2.50 bits per heavy atom. The number of hydrogen-bond acceptors (Lipinski definition) is 5. The minimum Gasteiger partial charge on any atom is -0.448 e. The normalized spacial score (nSPS) is 28.2. The van der Waals surface area contributed by atoms with Gasteiger partial charge in [0.15, 0.2) is 11.6 Å². The van der Waals surface area contributed by atoms with Crippen LogP contribution in [-0.2, 0) is 9.53 Å². The highest BCUT2D eigenvalue weighted by molar-refractivity contribution is 5.92. The van der Waals surface area contributed by atoms with E-state index in [0.717, 1.165) is 32.1 Å². The van der Waals surface area contributed by atoms with Gasteiger partial charge in [-0.2, -0.15) is 0 Å². The number of primary amides is 1. The van der Waals surface area contributed by atoms with E-state index in [2.05, 4.69) is 4.98 Å². The van der Waals surface area contributed by atoms with Crippen molar-refractivity contribution in [2.45, 2.75) is 56.7 Å². The topological polar surface area (TPSA) is 98.7 Å². The lowest BCUT2D eigenvalue weighted by Crippen LogP contribution is -2.41. The van der Waals surface area contributed by atoms with Crippen molar-refractivity contribution in [3.8, 4) is 0 Å². The number of piperidine rings is 1. The predicted octanol–water partition coefficient (Wildman–Crippen LogP) is 1.44. The first-order valence-electron chi connectivity index (χ1n) is 8.81. The van der Waals surface area contributed by atoms with Crippen LogP contribution in [0.1, 0.15) is 60.8 Å². The van der Waals surface area contributed by atoms with Gasteiger partial charge in [-0.3, -0.25) is 9.59 Å². The molecule has 2 saturated heterocycles. The summed E-state index contributed by atoms with van der Waals surface area (Å²) in [6, 6.07) is 0. The van der Waals surface area contributed by atoms with E-state index in [0.29, 0.717) is 42.9 Å². The molecular formula is C17H23N3O4. The van der Waals surface area contributed by atoms with E-state index >= 15 is 0 Å². The van der Waals surface area contributed by atoms with E-state index in [4.69, 9.17) is 14.9 Å². The van der Waals surface area contributed by atoms with Crippen molar-refractivity contribution in [1.82, 2.24) is 9.88 Å². The van der Waals surface area contributed by atoms with Crippen LogP contribution in [0.15, 0.2) is 10.7 Å². The zero-order chi connectivity index (χ0) is 16.7. The summed E-state index contributed by atoms with van der Waals surface area (Å²) in [6.07, 6.45) is 6.70. The first kappa shape index (κ1) is 15.6. The number of likely N-dealkylation sites (tertiary alicyclic amines) is 1. The fourth-order valence-corrected chi connectivity index (χ4v) is 3.76. The van der Waals surface area contributed by atoms with Crippen molar-refractivity contribution < 1.29 is 18.7 Å². The molecule has 2 amide bonds. The molecule has 0 bridgehead atoms. The third kappa shape index (κ3) is 3.05. The molecule has 0 radical (unpaired) electrons. The van der Waals surface area contributed by atoms with E-state index in [1.165, 1.54) is 6.26 Å². The number of nitrogens with zero attached hydrogens (tertiary/aromatic N) is 2. The number of oxazole rings is 1. The number of carbonyl (C=O) groups excluding carboxylic acids is 2.